The van der Waals surface area contributed by atoms with Crippen molar-refractivity contribution in [3.63, 3.8) is 0 Å². The van der Waals surface area contributed by atoms with Crippen molar-refractivity contribution in [3.05, 3.63) is 17.0 Å². The molecule has 0 atom stereocenters. The van der Waals surface area contributed by atoms with Crippen LogP contribution in [0, 0.1) is 12.8 Å². The molecule has 0 saturated carbocycles. The summed E-state index contributed by atoms with van der Waals surface area (Å²) in [6, 6.07) is 1.87. The first-order chi connectivity index (χ1) is 8.19. The highest BCUT2D eigenvalue weighted by Gasteiger charge is 2.19. The molecule has 1 aromatic rings. The summed E-state index contributed by atoms with van der Waals surface area (Å²) in [6.07, 6.45) is 5.20. The van der Waals surface area contributed by atoms with Gasteiger partial charge in [0.15, 0.2) is 0 Å². The van der Waals surface area contributed by atoms with Gasteiger partial charge >= 0.3 is 0 Å². The molecule has 1 saturated heterocycles. The second-order valence-electron chi connectivity index (χ2n) is 4.82. The molecular formula is C13H20ClN3. The second kappa shape index (κ2) is 5.67. The zero-order valence-corrected chi connectivity index (χ0v) is 11.4. The second-order valence-corrected chi connectivity index (χ2v) is 5.20. The smallest absolute Gasteiger partial charge is 0.134 e. The van der Waals surface area contributed by atoms with Gasteiger partial charge < -0.3 is 4.90 Å². The maximum Gasteiger partial charge on any atom is 0.134 e. The molecule has 2 heterocycles. The molecule has 0 bridgehead atoms. The molecule has 1 aliphatic rings. The Balaban J connectivity index is 2.00. The molecule has 0 radical (unpaired) electrons. The normalized spacial score (nSPS) is 17.5. The van der Waals surface area contributed by atoms with E-state index in [-0.39, 0.29) is 0 Å². The van der Waals surface area contributed by atoms with Crippen molar-refractivity contribution >= 4 is 17.4 Å². The minimum absolute atomic E-state index is 0.545. The van der Waals surface area contributed by atoms with E-state index in [0.29, 0.717) is 5.15 Å². The third-order valence-corrected chi connectivity index (χ3v) is 3.62. The summed E-state index contributed by atoms with van der Waals surface area (Å²) in [5, 5.41) is 0.545. The fourth-order valence-corrected chi connectivity index (χ4v) is 2.76. The van der Waals surface area contributed by atoms with Crippen LogP contribution in [0.4, 0.5) is 5.82 Å². The third kappa shape index (κ3) is 3.32. The summed E-state index contributed by atoms with van der Waals surface area (Å²) in [4.78, 5) is 10.9. The first-order valence-corrected chi connectivity index (χ1v) is 6.83. The van der Waals surface area contributed by atoms with Gasteiger partial charge in [-0.15, -0.1) is 0 Å². The third-order valence-electron chi connectivity index (χ3n) is 3.43. The van der Waals surface area contributed by atoms with Gasteiger partial charge in [0.2, 0.25) is 0 Å². The molecule has 94 valence electrons. The number of halogens is 1. The quantitative estimate of drug-likeness (QED) is 0.773. The van der Waals surface area contributed by atoms with Crippen molar-refractivity contribution in [2.45, 2.75) is 39.5 Å². The lowest BCUT2D eigenvalue weighted by atomic mass is 9.92. The molecule has 3 nitrogen and oxygen atoms in total. The lowest BCUT2D eigenvalue weighted by molar-refractivity contribution is 0.377. The van der Waals surface area contributed by atoms with Gasteiger partial charge in [0.25, 0.3) is 0 Å². The molecule has 0 aromatic carbocycles. The summed E-state index contributed by atoms with van der Waals surface area (Å²) in [6.45, 7) is 6.34. The first kappa shape index (κ1) is 12.6. The van der Waals surface area contributed by atoms with Crippen molar-refractivity contribution < 1.29 is 0 Å². The van der Waals surface area contributed by atoms with Gasteiger partial charge in [-0.05, 0) is 25.7 Å². The van der Waals surface area contributed by atoms with Crippen molar-refractivity contribution in [2.24, 2.45) is 5.92 Å². The van der Waals surface area contributed by atoms with E-state index in [0.717, 1.165) is 30.6 Å². The zero-order valence-electron chi connectivity index (χ0n) is 10.6. The standard InChI is InChI=1S/C13H20ClN3/c1-3-4-11-5-7-17(8-6-11)13-9-12(14)15-10(2)16-13/h9,11H,3-8H2,1-2H3. The number of aryl methyl sites for hydroxylation is 1. The molecule has 0 spiro atoms. The highest BCUT2D eigenvalue weighted by atomic mass is 35.5. The van der Waals surface area contributed by atoms with Crippen LogP contribution in [-0.2, 0) is 0 Å². The molecule has 1 aliphatic heterocycles. The van der Waals surface area contributed by atoms with E-state index in [1.807, 2.05) is 13.0 Å². The Labute approximate surface area is 108 Å². The van der Waals surface area contributed by atoms with E-state index in [1.165, 1.54) is 25.7 Å². The van der Waals surface area contributed by atoms with Crippen LogP contribution >= 0.6 is 11.6 Å². The summed E-state index contributed by atoms with van der Waals surface area (Å²) < 4.78 is 0. The number of anilines is 1. The van der Waals surface area contributed by atoms with Gasteiger partial charge in [-0.1, -0.05) is 31.4 Å². The van der Waals surface area contributed by atoms with Crippen LogP contribution in [0.3, 0.4) is 0 Å². The van der Waals surface area contributed by atoms with Crippen LogP contribution in [0.1, 0.15) is 38.4 Å². The van der Waals surface area contributed by atoms with Crippen molar-refractivity contribution in [1.82, 2.24) is 9.97 Å². The molecule has 0 amide bonds. The SMILES string of the molecule is CCCC1CCN(c2cc(Cl)nc(C)n2)CC1. The number of hydrogen-bond acceptors (Lipinski definition) is 3. The molecule has 0 N–H and O–H groups in total. The van der Waals surface area contributed by atoms with Crippen molar-refractivity contribution in [3.8, 4) is 0 Å². The van der Waals surface area contributed by atoms with Gasteiger partial charge in [-0.2, -0.15) is 0 Å². The van der Waals surface area contributed by atoms with E-state index in [9.17, 15) is 0 Å². The number of aromatic nitrogens is 2. The Bertz CT molecular complexity index is 353. The van der Waals surface area contributed by atoms with Gasteiger partial charge in [-0.25, -0.2) is 9.97 Å². The predicted octanol–water partition coefficient (Wildman–Crippen LogP) is 3.45. The first-order valence-electron chi connectivity index (χ1n) is 6.45. The van der Waals surface area contributed by atoms with E-state index >= 15 is 0 Å². The average Bonchev–Trinajstić information content (AvgIpc) is 2.29. The average molecular weight is 254 g/mol. The summed E-state index contributed by atoms with van der Waals surface area (Å²) in [5.41, 5.74) is 0. The molecule has 1 aromatic heterocycles. The van der Waals surface area contributed by atoms with Crippen LogP contribution < -0.4 is 4.90 Å². The monoisotopic (exact) mass is 253 g/mol. The largest absolute Gasteiger partial charge is 0.356 e. The topological polar surface area (TPSA) is 29.0 Å². The van der Waals surface area contributed by atoms with Crippen LogP contribution in [-0.4, -0.2) is 23.1 Å². The predicted molar refractivity (Wildman–Crippen MR) is 71.6 cm³/mol. The van der Waals surface area contributed by atoms with E-state index in [2.05, 4.69) is 21.8 Å². The van der Waals surface area contributed by atoms with Gasteiger partial charge in [0.05, 0.1) is 0 Å². The molecule has 1 fully saturated rings. The molecular weight excluding hydrogens is 234 g/mol. The molecule has 0 unspecified atom stereocenters. The number of hydrogen-bond donors (Lipinski definition) is 0. The van der Waals surface area contributed by atoms with E-state index < -0.39 is 0 Å². The maximum atomic E-state index is 5.97. The Morgan fingerprint density at radius 1 is 1.35 bits per heavy atom. The summed E-state index contributed by atoms with van der Waals surface area (Å²) in [7, 11) is 0. The molecule has 4 heteroatoms. The fourth-order valence-electron chi connectivity index (χ4n) is 2.54. The zero-order chi connectivity index (χ0) is 12.3. The highest BCUT2D eigenvalue weighted by Crippen LogP contribution is 2.25. The van der Waals surface area contributed by atoms with Crippen LogP contribution in [0.5, 0.6) is 0 Å². The summed E-state index contributed by atoms with van der Waals surface area (Å²) >= 11 is 5.97. The van der Waals surface area contributed by atoms with Gasteiger partial charge in [0, 0.05) is 19.2 Å². The Morgan fingerprint density at radius 3 is 2.65 bits per heavy atom. The molecule has 17 heavy (non-hydrogen) atoms. The highest BCUT2D eigenvalue weighted by molar-refractivity contribution is 6.29. The lowest BCUT2D eigenvalue weighted by Gasteiger charge is -2.32. The van der Waals surface area contributed by atoms with Crippen LogP contribution in [0.2, 0.25) is 5.15 Å². The van der Waals surface area contributed by atoms with Crippen molar-refractivity contribution in [2.75, 3.05) is 18.0 Å². The maximum absolute atomic E-state index is 5.97. The summed E-state index contributed by atoms with van der Waals surface area (Å²) in [5.74, 6) is 2.63. The Hall–Kier alpha value is -0.830. The number of piperidine rings is 1. The number of nitrogens with zero attached hydrogens (tertiary/aromatic N) is 3. The van der Waals surface area contributed by atoms with Crippen LogP contribution in [0.15, 0.2) is 6.07 Å². The van der Waals surface area contributed by atoms with Crippen molar-refractivity contribution in [1.29, 1.82) is 0 Å². The lowest BCUT2D eigenvalue weighted by Crippen LogP contribution is -2.34. The Kier molecular flexibility index (Phi) is 4.21. The molecule has 0 aliphatic carbocycles. The minimum Gasteiger partial charge on any atom is -0.356 e. The van der Waals surface area contributed by atoms with Gasteiger partial charge in [-0.3, -0.25) is 0 Å². The van der Waals surface area contributed by atoms with Crippen LogP contribution in [0.25, 0.3) is 0 Å². The van der Waals surface area contributed by atoms with E-state index in [4.69, 9.17) is 11.6 Å². The molecule has 2 rings (SSSR count). The fraction of sp³-hybridized carbons (Fsp3) is 0.692. The van der Waals surface area contributed by atoms with Gasteiger partial charge in [0.1, 0.15) is 16.8 Å². The Morgan fingerprint density at radius 2 is 2.06 bits per heavy atom. The van der Waals surface area contributed by atoms with E-state index in [1.54, 1.807) is 0 Å². The minimum atomic E-state index is 0.545. The number of rotatable bonds is 3.